The van der Waals surface area contributed by atoms with Gasteiger partial charge >= 0.3 is 0 Å². The van der Waals surface area contributed by atoms with Gasteiger partial charge in [-0.3, -0.25) is 4.99 Å². The summed E-state index contributed by atoms with van der Waals surface area (Å²) in [7, 11) is 1.85. The van der Waals surface area contributed by atoms with E-state index in [4.69, 9.17) is 4.74 Å². The van der Waals surface area contributed by atoms with Gasteiger partial charge in [-0.25, -0.2) is 4.98 Å². The molecule has 30 heavy (non-hydrogen) atoms. The Kier molecular flexibility index (Phi) is 6.69. The topological polar surface area (TPSA) is 56.2 Å². The van der Waals surface area contributed by atoms with Crippen molar-refractivity contribution in [3.8, 4) is 0 Å². The smallest absolute Gasteiger partial charge is 0.194 e. The molecule has 0 bridgehead atoms. The fraction of sp³-hybridized carbons (Fsp3) is 0.478. The van der Waals surface area contributed by atoms with Gasteiger partial charge in [-0.05, 0) is 30.7 Å². The molecular formula is C23H32N6O. The molecule has 1 N–H and O–H groups in total. The maximum Gasteiger partial charge on any atom is 0.194 e. The van der Waals surface area contributed by atoms with Gasteiger partial charge in [0.25, 0.3) is 0 Å². The van der Waals surface area contributed by atoms with Crippen molar-refractivity contribution in [3.05, 3.63) is 54.2 Å². The highest BCUT2D eigenvalue weighted by Crippen LogP contribution is 2.17. The normalized spacial score (nSPS) is 20.4. The number of rotatable bonds is 4. The fourth-order valence-corrected chi connectivity index (χ4v) is 4.06. The van der Waals surface area contributed by atoms with E-state index in [0.29, 0.717) is 0 Å². The quantitative estimate of drug-likeness (QED) is 0.618. The van der Waals surface area contributed by atoms with Crippen molar-refractivity contribution < 1.29 is 4.74 Å². The molecule has 7 nitrogen and oxygen atoms in total. The molecule has 3 heterocycles. The van der Waals surface area contributed by atoms with E-state index in [1.54, 1.807) is 0 Å². The Bertz CT molecular complexity index is 817. The number of guanidine groups is 1. The van der Waals surface area contributed by atoms with Crippen molar-refractivity contribution in [2.45, 2.75) is 19.6 Å². The van der Waals surface area contributed by atoms with Gasteiger partial charge in [0, 0.05) is 64.7 Å². The lowest BCUT2D eigenvalue weighted by molar-refractivity contribution is 0.0529. The van der Waals surface area contributed by atoms with Crippen LogP contribution in [0.1, 0.15) is 12.5 Å². The van der Waals surface area contributed by atoms with Gasteiger partial charge in [0.05, 0.1) is 12.7 Å². The van der Waals surface area contributed by atoms with Crippen LogP contribution in [0.25, 0.3) is 0 Å². The maximum atomic E-state index is 5.62. The number of piperazine rings is 1. The average molecular weight is 409 g/mol. The minimum Gasteiger partial charge on any atom is -0.375 e. The van der Waals surface area contributed by atoms with Crippen molar-refractivity contribution in [2.75, 3.05) is 62.7 Å². The number of para-hydroxylation sites is 1. The van der Waals surface area contributed by atoms with E-state index in [2.05, 4.69) is 79.4 Å². The van der Waals surface area contributed by atoms with Gasteiger partial charge in [0.1, 0.15) is 5.82 Å². The van der Waals surface area contributed by atoms with Crippen molar-refractivity contribution in [3.63, 3.8) is 0 Å². The molecule has 1 unspecified atom stereocenters. The van der Waals surface area contributed by atoms with Crippen molar-refractivity contribution in [1.82, 2.24) is 15.2 Å². The van der Waals surface area contributed by atoms with Crippen LogP contribution in [0, 0.1) is 0 Å². The van der Waals surface area contributed by atoms with Crippen LogP contribution in [-0.4, -0.2) is 74.9 Å². The van der Waals surface area contributed by atoms with Gasteiger partial charge in [-0.15, -0.1) is 0 Å². The van der Waals surface area contributed by atoms with Crippen molar-refractivity contribution in [1.29, 1.82) is 0 Å². The number of nitrogens with zero attached hydrogens (tertiary/aromatic N) is 5. The van der Waals surface area contributed by atoms with E-state index in [0.717, 1.165) is 69.8 Å². The van der Waals surface area contributed by atoms with Crippen LogP contribution in [0.3, 0.4) is 0 Å². The molecule has 2 fully saturated rings. The van der Waals surface area contributed by atoms with Crippen LogP contribution in [0.15, 0.2) is 53.7 Å². The summed E-state index contributed by atoms with van der Waals surface area (Å²) in [6, 6.07) is 14.9. The SMILES string of the molecule is CN=C(NCc1ccc(N2CCOC(C)C2)nc1)N1CCN(c2ccccc2)CC1. The standard InChI is InChI=1S/C23H32N6O/c1-19-18-29(14-15-30-19)22-9-8-20(16-25-22)17-26-23(24-2)28-12-10-27(11-13-28)21-6-4-3-5-7-21/h3-9,16,19H,10-15,17-18H2,1-2H3,(H,24,26). The lowest BCUT2D eigenvalue weighted by Gasteiger charge is -2.37. The molecule has 2 aliphatic rings. The maximum absolute atomic E-state index is 5.62. The van der Waals surface area contributed by atoms with Crippen molar-refractivity contribution >= 4 is 17.5 Å². The van der Waals surface area contributed by atoms with Gasteiger partial charge in [0.2, 0.25) is 0 Å². The third-order valence-electron chi connectivity index (χ3n) is 5.74. The number of hydrogen-bond donors (Lipinski definition) is 1. The van der Waals surface area contributed by atoms with Crippen LogP contribution < -0.4 is 15.1 Å². The Morgan fingerprint density at radius 3 is 2.53 bits per heavy atom. The van der Waals surface area contributed by atoms with Crippen LogP contribution in [0.2, 0.25) is 0 Å². The van der Waals surface area contributed by atoms with E-state index in [9.17, 15) is 0 Å². The fourth-order valence-electron chi connectivity index (χ4n) is 4.06. The highest BCUT2D eigenvalue weighted by molar-refractivity contribution is 5.80. The summed E-state index contributed by atoms with van der Waals surface area (Å²) >= 11 is 0. The average Bonchev–Trinajstić information content (AvgIpc) is 2.81. The molecule has 4 rings (SSSR count). The van der Waals surface area contributed by atoms with Gasteiger partial charge < -0.3 is 24.8 Å². The molecule has 0 saturated carbocycles. The first kappa shape index (κ1) is 20.5. The molecule has 2 aliphatic heterocycles. The van der Waals surface area contributed by atoms with Gasteiger partial charge in [-0.2, -0.15) is 0 Å². The molecule has 0 radical (unpaired) electrons. The number of pyridine rings is 1. The summed E-state index contributed by atoms with van der Waals surface area (Å²) in [5, 5.41) is 3.50. The number of aliphatic imine (C=N–C) groups is 1. The Labute approximate surface area is 179 Å². The molecule has 1 aromatic heterocycles. The first-order valence-corrected chi connectivity index (χ1v) is 10.8. The monoisotopic (exact) mass is 408 g/mol. The zero-order valence-corrected chi connectivity index (χ0v) is 18.0. The second-order valence-corrected chi connectivity index (χ2v) is 7.86. The van der Waals surface area contributed by atoms with Crippen LogP contribution in [0.4, 0.5) is 11.5 Å². The Morgan fingerprint density at radius 2 is 1.87 bits per heavy atom. The highest BCUT2D eigenvalue weighted by atomic mass is 16.5. The first-order valence-electron chi connectivity index (χ1n) is 10.8. The molecule has 0 aliphatic carbocycles. The third-order valence-corrected chi connectivity index (χ3v) is 5.74. The Hall–Kier alpha value is -2.80. The number of nitrogens with one attached hydrogen (secondary N) is 1. The second kappa shape index (κ2) is 9.80. The lowest BCUT2D eigenvalue weighted by atomic mass is 10.2. The number of morpholine rings is 1. The number of benzene rings is 1. The molecule has 0 spiro atoms. The lowest BCUT2D eigenvalue weighted by Crippen LogP contribution is -2.52. The van der Waals surface area contributed by atoms with Gasteiger partial charge in [-0.1, -0.05) is 24.3 Å². The zero-order chi connectivity index (χ0) is 20.8. The molecule has 2 saturated heterocycles. The molecule has 160 valence electrons. The first-order chi connectivity index (χ1) is 14.7. The third kappa shape index (κ3) is 5.02. The predicted molar refractivity (Wildman–Crippen MR) is 122 cm³/mol. The molecule has 0 amide bonds. The van der Waals surface area contributed by atoms with Crippen LogP contribution >= 0.6 is 0 Å². The molecule has 2 aromatic rings. The number of hydrogen-bond acceptors (Lipinski definition) is 5. The molecular weight excluding hydrogens is 376 g/mol. The minimum absolute atomic E-state index is 0.257. The minimum atomic E-state index is 0.257. The molecule has 1 atom stereocenters. The van der Waals surface area contributed by atoms with Crippen LogP contribution in [0.5, 0.6) is 0 Å². The van der Waals surface area contributed by atoms with E-state index in [1.165, 1.54) is 5.69 Å². The summed E-state index contributed by atoms with van der Waals surface area (Å²) in [4.78, 5) is 16.2. The largest absolute Gasteiger partial charge is 0.375 e. The predicted octanol–water partition coefficient (Wildman–Crippen LogP) is 2.20. The van der Waals surface area contributed by atoms with E-state index in [1.807, 2.05) is 13.2 Å². The Balaban J connectivity index is 1.27. The zero-order valence-electron chi connectivity index (χ0n) is 18.0. The molecule has 1 aromatic carbocycles. The highest BCUT2D eigenvalue weighted by Gasteiger charge is 2.20. The summed E-state index contributed by atoms with van der Waals surface area (Å²) in [6.07, 6.45) is 2.22. The Morgan fingerprint density at radius 1 is 1.07 bits per heavy atom. The number of anilines is 2. The van der Waals surface area contributed by atoms with Crippen LogP contribution in [-0.2, 0) is 11.3 Å². The van der Waals surface area contributed by atoms with E-state index >= 15 is 0 Å². The summed E-state index contributed by atoms with van der Waals surface area (Å²) in [6.45, 7) is 9.30. The summed E-state index contributed by atoms with van der Waals surface area (Å²) < 4.78 is 5.62. The van der Waals surface area contributed by atoms with Crippen molar-refractivity contribution in [2.24, 2.45) is 4.99 Å². The number of ether oxygens (including phenoxy) is 1. The second-order valence-electron chi connectivity index (χ2n) is 7.86. The molecule has 7 heteroatoms. The summed E-state index contributed by atoms with van der Waals surface area (Å²) in [5.74, 6) is 1.98. The number of aromatic nitrogens is 1. The summed E-state index contributed by atoms with van der Waals surface area (Å²) in [5.41, 5.74) is 2.45. The van der Waals surface area contributed by atoms with E-state index in [-0.39, 0.29) is 6.10 Å². The van der Waals surface area contributed by atoms with E-state index < -0.39 is 0 Å². The van der Waals surface area contributed by atoms with Gasteiger partial charge in [0.15, 0.2) is 5.96 Å².